The molecule has 12 nitrogen and oxygen atoms in total. The minimum Gasteiger partial charge on any atom is -0.480 e. The normalized spacial score (nSPS) is 21.0. The Morgan fingerprint density at radius 3 is 1.42 bits per heavy atom. The molecule has 0 aromatic heterocycles. The average Bonchev–Trinajstić information content (AvgIpc) is 3.08. The highest BCUT2D eigenvalue weighted by molar-refractivity contribution is 5.88. The van der Waals surface area contributed by atoms with Gasteiger partial charge in [-0.2, -0.15) is 0 Å². The Bertz CT molecular complexity index is 922. The number of amides is 3. The standard InChI is InChI=1S/C38H71N3O9/c1-3-5-7-9-11-13-15-17-19-21-23-25-31(43)39-29(38(48)49)27-33(45)41-37-34(36(47)35(46)30(28-42)50-37)40-32(44)26-24-22-20-18-16-14-12-10-8-6-4-2/h29-30,34-37,42,46-47H,3-28H2,1-2H3,(H,39,43)(H,40,44)(H,41,45)(H,48,49)/t29-,30+,34+,35+,36+,37+/m0/s1. The van der Waals surface area contributed by atoms with E-state index in [0.717, 1.165) is 38.5 Å². The van der Waals surface area contributed by atoms with Crippen LogP contribution in [0.1, 0.15) is 174 Å². The zero-order chi connectivity index (χ0) is 37.0. The van der Waals surface area contributed by atoms with Crippen molar-refractivity contribution in [3.05, 3.63) is 0 Å². The van der Waals surface area contributed by atoms with Crippen LogP contribution in [0.15, 0.2) is 0 Å². The van der Waals surface area contributed by atoms with Gasteiger partial charge in [-0.15, -0.1) is 0 Å². The van der Waals surface area contributed by atoms with Gasteiger partial charge in [0.2, 0.25) is 17.7 Å². The van der Waals surface area contributed by atoms with Crippen LogP contribution in [-0.2, 0) is 23.9 Å². The van der Waals surface area contributed by atoms with Gasteiger partial charge < -0.3 is 41.1 Å². The lowest BCUT2D eigenvalue weighted by molar-refractivity contribution is -0.203. The molecule has 1 heterocycles. The van der Waals surface area contributed by atoms with Crippen LogP contribution in [0.2, 0.25) is 0 Å². The number of hydrogen-bond donors (Lipinski definition) is 7. The van der Waals surface area contributed by atoms with E-state index < -0.39 is 67.4 Å². The number of carboxylic acids is 1. The van der Waals surface area contributed by atoms with E-state index in [2.05, 4.69) is 29.8 Å². The highest BCUT2D eigenvalue weighted by Gasteiger charge is 2.45. The molecule has 0 saturated carbocycles. The van der Waals surface area contributed by atoms with Gasteiger partial charge in [-0.25, -0.2) is 4.79 Å². The maximum Gasteiger partial charge on any atom is 0.326 e. The van der Waals surface area contributed by atoms with Crippen LogP contribution < -0.4 is 16.0 Å². The summed E-state index contributed by atoms with van der Waals surface area (Å²) < 4.78 is 5.62. The van der Waals surface area contributed by atoms with Gasteiger partial charge >= 0.3 is 5.97 Å². The number of hydrogen-bond acceptors (Lipinski definition) is 8. The van der Waals surface area contributed by atoms with Crippen LogP contribution in [0.3, 0.4) is 0 Å². The van der Waals surface area contributed by atoms with Gasteiger partial charge in [0.15, 0.2) is 6.23 Å². The molecule has 50 heavy (non-hydrogen) atoms. The molecule has 1 saturated heterocycles. The first kappa shape index (κ1) is 45.7. The largest absolute Gasteiger partial charge is 0.480 e. The van der Waals surface area contributed by atoms with Crippen molar-refractivity contribution in [1.82, 2.24) is 16.0 Å². The summed E-state index contributed by atoms with van der Waals surface area (Å²) in [6, 6.07) is -2.73. The third kappa shape index (κ3) is 21.2. The maximum absolute atomic E-state index is 12.9. The van der Waals surface area contributed by atoms with E-state index in [1.165, 1.54) is 89.9 Å². The lowest BCUT2D eigenvalue weighted by atomic mass is 9.95. The number of aliphatic hydroxyl groups excluding tert-OH is 3. The molecule has 0 aromatic rings. The van der Waals surface area contributed by atoms with Crippen molar-refractivity contribution < 1.29 is 44.3 Å². The Labute approximate surface area is 301 Å². The van der Waals surface area contributed by atoms with E-state index in [-0.39, 0.29) is 18.7 Å². The second-order valence-corrected chi connectivity index (χ2v) is 14.2. The molecule has 6 atom stereocenters. The zero-order valence-electron chi connectivity index (χ0n) is 31.2. The third-order valence-electron chi connectivity index (χ3n) is 9.59. The van der Waals surface area contributed by atoms with Crippen molar-refractivity contribution in [1.29, 1.82) is 0 Å². The van der Waals surface area contributed by atoms with Crippen molar-refractivity contribution in [3.8, 4) is 0 Å². The van der Waals surface area contributed by atoms with Crippen LogP contribution in [0, 0.1) is 0 Å². The summed E-state index contributed by atoms with van der Waals surface area (Å²) in [6.45, 7) is 3.76. The van der Waals surface area contributed by atoms with Gasteiger partial charge in [0.1, 0.15) is 30.4 Å². The Morgan fingerprint density at radius 1 is 0.580 bits per heavy atom. The van der Waals surface area contributed by atoms with Crippen molar-refractivity contribution >= 4 is 23.7 Å². The van der Waals surface area contributed by atoms with Crippen molar-refractivity contribution in [2.75, 3.05) is 6.61 Å². The van der Waals surface area contributed by atoms with Crippen LogP contribution >= 0.6 is 0 Å². The molecule has 0 aromatic carbocycles. The summed E-state index contributed by atoms with van der Waals surface area (Å²) in [5, 5.41) is 48.0. The highest BCUT2D eigenvalue weighted by Crippen LogP contribution is 2.21. The number of nitrogens with one attached hydrogen (secondary N) is 3. The summed E-state index contributed by atoms with van der Waals surface area (Å²) in [7, 11) is 0. The van der Waals surface area contributed by atoms with Gasteiger partial charge in [0, 0.05) is 12.8 Å². The topological polar surface area (TPSA) is 195 Å². The lowest BCUT2D eigenvalue weighted by Crippen LogP contribution is -2.68. The summed E-state index contributed by atoms with van der Waals surface area (Å²) in [5.41, 5.74) is 0. The minimum atomic E-state index is -1.56. The molecule has 12 heteroatoms. The Morgan fingerprint density at radius 2 is 1.00 bits per heavy atom. The molecule has 0 radical (unpaired) electrons. The maximum atomic E-state index is 12.9. The third-order valence-corrected chi connectivity index (χ3v) is 9.59. The smallest absolute Gasteiger partial charge is 0.326 e. The highest BCUT2D eigenvalue weighted by atomic mass is 16.5. The van der Waals surface area contributed by atoms with Crippen LogP contribution in [0.25, 0.3) is 0 Å². The van der Waals surface area contributed by atoms with Crippen molar-refractivity contribution in [2.45, 2.75) is 211 Å². The van der Waals surface area contributed by atoms with E-state index in [1.54, 1.807) is 0 Å². The SMILES string of the molecule is CCCCCCCCCCCCCC(=O)N[C@@H]1[C@@H](O)[C@H](O)[C@@H](CO)O[C@H]1NC(=O)C[C@H](NC(=O)CCCCCCCCCCCCC)C(=O)O. The molecule has 0 spiro atoms. The fraction of sp³-hybridized carbons (Fsp3) is 0.895. The number of carbonyl (C=O) groups excluding carboxylic acids is 3. The quantitative estimate of drug-likeness (QED) is 0.0461. The van der Waals surface area contributed by atoms with E-state index in [0.29, 0.717) is 12.8 Å². The predicted molar refractivity (Wildman–Crippen MR) is 194 cm³/mol. The number of unbranched alkanes of at least 4 members (excludes halogenated alkanes) is 20. The summed E-state index contributed by atoms with van der Waals surface area (Å²) in [4.78, 5) is 50.1. The Kier molecular flexibility index (Phi) is 26.8. The monoisotopic (exact) mass is 714 g/mol. The first-order valence-electron chi connectivity index (χ1n) is 19.9. The van der Waals surface area contributed by atoms with Gasteiger partial charge in [-0.1, -0.05) is 142 Å². The zero-order valence-corrected chi connectivity index (χ0v) is 31.2. The second kappa shape index (κ2) is 29.3. The van der Waals surface area contributed by atoms with Gasteiger partial charge in [0.05, 0.1) is 13.0 Å². The number of carbonyl (C=O) groups is 4. The average molecular weight is 714 g/mol. The fourth-order valence-electron chi connectivity index (χ4n) is 6.43. The molecular weight excluding hydrogens is 642 g/mol. The molecule has 1 aliphatic rings. The fourth-order valence-corrected chi connectivity index (χ4v) is 6.43. The molecule has 1 rings (SSSR count). The second-order valence-electron chi connectivity index (χ2n) is 14.2. The number of rotatable bonds is 31. The molecule has 1 aliphatic heterocycles. The van der Waals surface area contributed by atoms with E-state index in [1.807, 2.05) is 0 Å². The minimum absolute atomic E-state index is 0.156. The van der Waals surface area contributed by atoms with Crippen LogP contribution in [-0.4, -0.2) is 87.3 Å². The van der Waals surface area contributed by atoms with Crippen LogP contribution in [0.5, 0.6) is 0 Å². The van der Waals surface area contributed by atoms with E-state index in [9.17, 15) is 39.6 Å². The molecule has 0 bridgehead atoms. The van der Waals surface area contributed by atoms with Crippen molar-refractivity contribution in [3.63, 3.8) is 0 Å². The molecule has 0 unspecified atom stereocenters. The van der Waals surface area contributed by atoms with E-state index in [4.69, 9.17) is 4.74 Å². The molecule has 292 valence electrons. The van der Waals surface area contributed by atoms with Crippen molar-refractivity contribution in [2.24, 2.45) is 0 Å². The molecule has 0 aliphatic carbocycles. The van der Waals surface area contributed by atoms with Gasteiger partial charge in [0.25, 0.3) is 0 Å². The Hall–Kier alpha value is -2.28. The van der Waals surface area contributed by atoms with E-state index >= 15 is 0 Å². The Balaban J connectivity index is 2.48. The number of aliphatic carboxylic acids is 1. The molecule has 7 N–H and O–H groups in total. The molecule has 3 amide bonds. The van der Waals surface area contributed by atoms with Gasteiger partial charge in [-0.05, 0) is 12.8 Å². The number of carboxylic acid groups (broad SMARTS) is 1. The predicted octanol–water partition coefficient (Wildman–Crippen LogP) is 5.39. The number of aliphatic hydroxyl groups is 3. The van der Waals surface area contributed by atoms with Gasteiger partial charge in [-0.3, -0.25) is 14.4 Å². The first-order valence-corrected chi connectivity index (χ1v) is 19.9. The number of ether oxygens (including phenoxy) is 1. The molecular formula is C38H71N3O9. The summed E-state index contributed by atoms with van der Waals surface area (Å²) >= 11 is 0. The summed E-state index contributed by atoms with van der Waals surface area (Å²) in [5.74, 6) is -3.03. The van der Waals surface area contributed by atoms with Crippen LogP contribution in [0.4, 0.5) is 0 Å². The molecule has 1 fully saturated rings. The summed E-state index contributed by atoms with van der Waals surface area (Å²) in [6.07, 6.45) is 18.9. The first-order chi connectivity index (χ1) is 24.1. The lowest BCUT2D eigenvalue weighted by Gasteiger charge is -2.42.